The molecule has 4 unspecified atom stereocenters. The first-order valence-corrected chi connectivity index (χ1v) is 15.8. The Kier molecular flexibility index (Phi) is 8.63. The highest BCUT2D eigenvalue weighted by atomic mass is 16.6. The second-order valence-electron chi connectivity index (χ2n) is 12.2. The van der Waals surface area contributed by atoms with Crippen LogP contribution in [0.2, 0.25) is 0 Å². The van der Waals surface area contributed by atoms with Crippen molar-refractivity contribution in [1.82, 2.24) is 15.1 Å². The summed E-state index contributed by atoms with van der Waals surface area (Å²) in [6.07, 6.45) is 7.37. The molecule has 0 bridgehead atoms. The molecule has 0 aromatic carbocycles. The van der Waals surface area contributed by atoms with Crippen LogP contribution in [-0.2, 0) is 30.4 Å². The lowest BCUT2D eigenvalue weighted by Crippen LogP contribution is -2.23. The Morgan fingerprint density at radius 3 is 2.02 bits per heavy atom. The van der Waals surface area contributed by atoms with Crippen LogP contribution in [0.3, 0.4) is 0 Å². The van der Waals surface area contributed by atoms with Crippen molar-refractivity contribution < 1.29 is 19.3 Å². The van der Waals surface area contributed by atoms with Crippen LogP contribution in [0.5, 0.6) is 0 Å². The number of anilines is 2. The number of fused-ring (bicyclic) bond motifs is 2. The number of aryl methyl sites for hydroxylation is 2. The number of esters is 1. The van der Waals surface area contributed by atoms with E-state index in [1.807, 2.05) is 0 Å². The molecule has 10 nitrogen and oxygen atoms in total. The van der Waals surface area contributed by atoms with E-state index < -0.39 is 5.97 Å². The molecule has 4 fully saturated rings. The number of ether oxygens (including phenoxy) is 1. The van der Waals surface area contributed by atoms with Gasteiger partial charge in [-0.05, 0) is 79.5 Å². The van der Waals surface area contributed by atoms with Crippen LogP contribution in [0.4, 0.5) is 11.6 Å². The van der Waals surface area contributed by atoms with Crippen molar-refractivity contribution in [3.05, 3.63) is 64.3 Å². The highest BCUT2D eigenvalue weighted by Gasteiger charge is 2.46. The molecule has 2 aliphatic heterocycles. The first-order valence-electron chi connectivity index (χ1n) is 15.8. The molecular weight excluding hydrogens is 544 g/mol. The van der Waals surface area contributed by atoms with E-state index in [4.69, 9.17) is 24.4 Å². The Morgan fingerprint density at radius 2 is 1.49 bits per heavy atom. The second-order valence-corrected chi connectivity index (χ2v) is 12.2. The Labute approximate surface area is 253 Å². The van der Waals surface area contributed by atoms with Crippen molar-refractivity contribution >= 4 is 23.8 Å². The fourth-order valence-corrected chi connectivity index (χ4v) is 6.55. The molecule has 5 heterocycles. The van der Waals surface area contributed by atoms with Gasteiger partial charge in [0.2, 0.25) is 5.76 Å². The monoisotopic (exact) mass is 586 g/mol. The van der Waals surface area contributed by atoms with Crippen molar-refractivity contribution in [3.8, 4) is 0 Å². The van der Waals surface area contributed by atoms with Gasteiger partial charge in [0, 0.05) is 62.7 Å². The summed E-state index contributed by atoms with van der Waals surface area (Å²) in [6.45, 7) is 11.0. The van der Waals surface area contributed by atoms with Crippen molar-refractivity contribution in [1.29, 1.82) is 0 Å². The minimum absolute atomic E-state index is 0.149. The Bertz CT molecular complexity index is 1450. The molecule has 0 radical (unpaired) electrons. The van der Waals surface area contributed by atoms with Gasteiger partial charge in [0.1, 0.15) is 11.6 Å². The topological polar surface area (TPSA) is 117 Å². The lowest BCUT2D eigenvalue weighted by molar-refractivity contribution is 0.0479. The smallest absolute Gasteiger partial charge is 0.377 e. The van der Waals surface area contributed by atoms with E-state index in [-0.39, 0.29) is 5.76 Å². The maximum atomic E-state index is 11.7. The van der Waals surface area contributed by atoms with Gasteiger partial charge in [0.25, 0.3) is 0 Å². The predicted octanol–water partition coefficient (Wildman–Crippen LogP) is 4.96. The summed E-state index contributed by atoms with van der Waals surface area (Å²) >= 11 is 0. The maximum absolute atomic E-state index is 11.7. The largest absolute Gasteiger partial charge is 0.460 e. The fourth-order valence-electron chi connectivity index (χ4n) is 6.55. The average Bonchev–Trinajstić information content (AvgIpc) is 3.73. The molecule has 1 N–H and O–H groups in total. The summed E-state index contributed by atoms with van der Waals surface area (Å²) < 4.78 is 10.0. The summed E-state index contributed by atoms with van der Waals surface area (Å²) in [5, 5.41) is 15.5. The van der Waals surface area contributed by atoms with Gasteiger partial charge >= 0.3 is 5.97 Å². The van der Waals surface area contributed by atoms with Crippen LogP contribution in [0.1, 0.15) is 72.4 Å². The zero-order chi connectivity index (χ0) is 29.9. The lowest BCUT2D eigenvalue weighted by Gasteiger charge is -2.20. The molecule has 2 aliphatic carbocycles. The first kappa shape index (κ1) is 29.1. The maximum Gasteiger partial charge on any atom is 0.377 e. The molecule has 228 valence electrons. The number of piperidine rings is 2. The van der Waals surface area contributed by atoms with Gasteiger partial charge in [-0.3, -0.25) is 0 Å². The number of rotatable bonds is 10. The van der Waals surface area contributed by atoms with Crippen LogP contribution in [0.15, 0.2) is 40.0 Å². The van der Waals surface area contributed by atoms with E-state index in [0.717, 1.165) is 89.4 Å². The van der Waals surface area contributed by atoms with Gasteiger partial charge in [-0.2, -0.15) is 0 Å². The number of hydrogen-bond donors (Lipinski definition) is 1. The van der Waals surface area contributed by atoms with Crippen LogP contribution < -0.4 is 9.80 Å². The number of oxime groups is 1. The summed E-state index contributed by atoms with van der Waals surface area (Å²) in [4.78, 5) is 26.1. The molecule has 2 saturated carbocycles. The van der Waals surface area contributed by atoms with Crippen LogP contribution in [-0.4, -0.2) is 65.3 Å². The quantitative estimate of drug-likeness (QED) is 0.152. The van der Waals surface area contributed by atoms with E-state index >= 15 is 0 Å². The Morgan fingerprint density at radius 1 is 0.930 bits per heavy atom. The molecule has 7 rings (SSSR count). The number of carbonyl (C=O) groups excluding carboxylic acids is 1. The third kappa shape index (κ3) is 6.68. The Balaban J connectivity index is 0.000000162. The van der Waals surface area contributed by atoms with Gasteiger partial charge in [-0.25, -0.2) is 14.8 Å². The number of hydrogen-bond acceptors (Lipinski definition) is 10. The molecule has 4 aliphatic rings. The number of aromatic nitrogens is 3. The van der Waals surface area contributed by atoms with Crippen molar-refractivity contribution in [2.75, 3.05) is 42.6 Å². The molecule has 4 atom stereocenters. The standard InChI is InChI=1S/C19H23N3O3.C14H19N3O/c1-3-16-12(8-15-9-17(25-21-15)19(23)24-4-2)5-6-18(20-16)22-10-13-7-14(13)11-22;1-2-13-10(5-6-15-18)3-4-14(16-13)17-8-11-7-12(11)9-17/h5-6,9,13-14H,3-4,7-8,10-11H2,1-2H3;3-4,6,11-12,18H,2,5,7-9H2,1H3. The van der Waals surface area contributed by atoms with E-state index in [1.54, 1.807) is 13.0 Å². The molecule has 3 aromatic heterocycles. The van der Waals surface area contributed by atoms with Crippen molar-refractivity contribution in [2.45, 2.75) is 59.3 Å². The van der Waals surface area contributed by atoms with Crippen LogP contribution in [0.25, 0.3) is 0 Å². The summed E-state index contributed by atoms with van der Waals surface area (Å²) in [6, 6.07) is 10.1. The van der Waals surface area contributed by atoms with E-state index in [9.17, 15) is 4.79 Å². The van der Waals surface area contributed by atoms with E-state index in [1.165, 1.54) is 32.1 Å². The summed E-state index contributed by atoms with van der Waals surface area (Å²) in [5.41, 5.74) is 5.20. The molecule has 43 heavy (non-hydrogen) atoms. The molecular formula is C33H42N6O4. The van der Waals surface area contributed by atoms with Crippen LogP contribution in [0, 0.1) is 23.7 Å². The third-order valence-electron chi connectivity index (χ3n) is 9.18. The number of nitrogens with zero attached hydrogens (tertiary/aromatic N) is 6. The van der Waals surface area contributed by atoms with Gasteiger partial charge in [-0.1, -0.05) is 31.1 Å². The van der Waals surface area contributed by atoms with E-state index in [2.05, 4.69) is 58.2 Å². The van der Waals surface area contributed by atoms with Crippen molar-refractivity contribution in [3.63, 3.8) is 0 Å². The summed E-state index contributed by atoms with van der Waals surface area (Å²) in [7, 11) is 0. The average molecular weight is 587 g/mol. The normalized spacial score (nSPS) is 23.1. The van der Waals surface area contributed by atoms with Crippen LogP contribution >= 0.6 is 0 Å². The molecule has 3 aromatic rings. The molecule has 2 saturated heterocycles. The minimum atomic E-state index is -0.474. The Hall–Kier alpha value is -3.95. The third-order valence-corrected chi connectivity index (χ3v) is 9.18. The zero-order valence-corrected chi connectivity index (χ0v) is 25.4. The SMILES string of the molecule is CCOC(=O)c1cc(Cc2ccc(N3CC4CC4C3)nc2CC)no1.CCc1nc(N2CC3CC3C2)ccc1CC=NO. The molecule has 0 spiro atoms. The fraction of sp³-hybridized carbons (Fsp3) is 0.545. The van der Waals surface area contributed by atoms with Gasteiger partial charge in [0.05, 0.1) is 12.3 Å². The summed E-state index contributed by atoms with van der Waals surface area (Å²) in [5.74, 6) is 5.51. The minimum Gasteiger partial charge on any atom is -0.460 e. The molecule has 0 amide bonds. The van der Waals surface area contributed by atoms with E-state index in [0.29, 0.717) is 19.4 Å². The highest BCUT2D eigenvalue weighted by Crippen LogP contribution is 2.46. The second kappa shape index (κ2) is 12.7. The molecule has 10 heteroatoms. The van der Waals surface area contributed by atoms with Gasteiger partial charge < -0.3 is 24.3 Å². The lowest BCUT2D eigenvalue weighted by atomic mass is 10.1. The van der Waals surface area contributed by atoms with Crippen molar-refractivity contribution in [2.24, 2.45) is 28.8 Å². The zero-order valence-electron chi connectivity index (χ0n) is 25.4. The number of pyridine rings is 2. The van der Waals surface area contributed by atoms with Gasteiger partial charge in [0.15, 0.2) is 0 Å². The van der Waals surface area contributed by atoms with Gasteiger partial charge in [-0.15, -0.1) is 5.16 Å². The highest BCUT2D eigenvalue weighted by molar-refractivity contribution is 5.86. The first-order chi connectivity index (χ1) is 21.0. The number of carbonyl (C=O) groups is 1. The predicted molar refractivity (Wildman–Crippen MR) is 164 cm³/mol.